The van der Waals surface area contributed by atoms with Gasteiger partial charge in [0.15, 0.2) is 5.11 Å². The van der Waals surface area contributed by atoms with Gasteiger partial charge in [-0.3, -0.25) is 9.58 Å². The zero-order valence-corrected chi connectivity index (χ0v) is 20.9. The molecule has 0 bridgehead atoms. The second-order valence-electron chi connectivity index (χ2n) is 8.22. The molecule has 1 aromatic heterocycles. The maximum absolute atomic E-state index is 14.2. The maximum Gasteiger partial charge on any atom is 0.173 e. The third-order valence-corrected chi connectivity index (χ3v) is 6.93. The normalized spacial score (nSPS) is 14.5. The van der Waals surface area contributed by atoms with E-state index in [9.17, 15) is 4.39 Å². The van der Waals surface area contributed by atoms with Crippen LogP contribution in [0.3, 0.4) is 0 Å². The van der Waals surface area contributed by atoms with Crippen molar-refractivity contribution >= 4 is 46.2 Å². The summed E-state index contributed by atoms with van der Waals surface area (Å²) in [5.74, 6) is -0.337. The number of nitrogens with one attached hydrogen (secondary N) is 1. The monoisotopic (exact) mass is 505 g/mol. The molecule has 0 spiro atoms. The summed E-state index contributed by atoms with van der Waals surface area (Å²) in [6, 6.07) is 12.7. The highest BCUT2D eigenvalue weighted by Gasteiger charge is 2.21. The molecule has 2 aromatic carbocycles. The molecule has 4 rings (SSSR count). The zero-order chi connectivity index (χ0) is 23.5. The number of aryl methyl sites for hydroxylation is 1. The second-order valence-corrected chi connectivity index (χ2v) is 9.45. The Morgan fingerprint density at radius 2 is 1.73 bits per heavy atom. The molecule has 1 saturated heterocycles. The molecule has 9 heteroatoms. The van der Waals surface area contributed by atoms with Crippen LogP contribution in [-0.4, -0.2) is 50.9 Å². The van der Waals surface area contributed by atoms with Crippen LogP contribution in [0.15, 0.2) is 42.5 Å². The lowest BCUT2D eigenvalue weighted by Gasteiger charge is -2.36. The van der Waals surface area contributed by atoms with Gasteiger partial charge >= 0.3 is 0 Å². The third-order valence-electron chi connectivity index (χ3n) is 5.96. The minimum atomic E-state index is -0.337. The van der Waals surface area contributed by atoms with E-state index in [0.29, 0.717) is 15.7 Å². The van der Waals surface area contributed by atoms with Crippen LogP contribution in [0.2, 0.25) is 10.0 Å². The van der Waals surface area contributed by atoms with Crippen molar-refractivity contribution in [2.75, 3.05) is 31.5 Å². The van der Waals surface area contributed by atoms with E-state index in [1.54, 1.807) is 16.8 Å². The predicted molar refractivity (Wildman–Crippen MR) is 137 cm³/mol. The van der Waals surface area contributed by atoms with Gasteiger partial charge in [0.05, 0.1) is 23.6 Å². The molecule has 0 unspecified atom stereocenters. The number of piperazine rings is 1. The smallest absolute Gasteiger partial charge is 0.173 e. The van der Waals surface area contributed by atoms with E-state index in [2.05, 4.69) is 32.3 Å². The minimum Gasteiger partial charge on any atom is -0.346 e. The van der Waals surface area contributed by atoms with Crippen molar-refractivity contribution in [2.45, 2.75) is 26.9 Å². The molecule has 174 valence electrons. The van der Waals surface area contributed by atoms with E-state index in [1.165, 1.54) is 11.6 Å². The largest absolute Gasteiger partial charge is 0.346 e. The van der Waals surface area contributed by atoms with Crippen LogP contribution in [-0.2, 0) is 13.1 Å². The molecule has 0 saturated carbocycles. The van der Waals surface area contributed by atoms with Gasteiger partial charge < -0.3 is 10.2 Å². The predicted octanol–water partition coefficient (Wildman–Crippen LogP) is 5.51. The number of anilines is 1. The van der Waals surface area contributed by atoms with Gasteiger partial charge in [-0.05, 0) is 55.9 Å². The summed E-state index contributed by atoms with van der Waals surface area (Å²) in [5.41, 5.74) is 4.23. The van der Waals surface area contributed by atoms with Crippen molar-refractivity contribution in [3.05, 3.63) is 80.8 Å². The summed E-state index contributed by atoms with van der Waals surface area (Å²) in [6.07, 6.45) is 0. The number of rotatable bonds is 5. The van der Waals surface area contributed by atoms with Gasteiger partial charge in [0, 0.05) is 48.3 Å². The molecule has 3 aromatic rings. The number of hydrogen-bond acceptors (Lipinski definition) is 3. The van der Waals surface area contributed by atoms with Crippen molar-refractivity contribution in [3.8, 4) is 0 Å². The van der Waals surface area contributed by atoms with Crippen LogP contribution in [0, 0.1) is 19.7 Å². The zero-order valence-electron chi connectivity index (χ0n) is 18.6. The SMILES string of the molecule is Cc1nn(Cc2c(F)cccc2Cl)c(C)c1NC(=S)N1CCN(Cc2ccc(Cl)cc2)CC1. The Bertz CT molecular complexity index is 1120. The Morgan fingerprint density at radius 1 is 1.03 bits per heavy atom. The first-order valence-corrected chi connectivity index (χ1v) is 12.0. The molecule has 0 aliphatic carbocycles. The summed E-state index contributed by atoms with van der Waals surface area (Å²) < 4.78 is 16.0. The topological polar surface area (TPSA) is 36.3 Å². The van der Waals surface area contributed by atoms with Crippen LogP contribution < -0.4 is 5.32 Å². The number of thiocarbonyl (C=S) groups is 1. The molecule has 0 radical (unpaired) electrons. The van der Waals surface area contributed by atoms with Crippen molar-refractivity contribution < 1.29 is 4.39 Å². The van der Waals surface area contributed by atoms with Gasteiger partial charge in [-0.1, -0.05) is 41.4 Å². The van der Waals surface area contributed by atoms with E-state index < -0.39 is 0 Å². The number of aromatic nitrogens is 2. The first-order chi connectivity index (χ1) is 15.8. The highest BCUT2D eigenvalue weighted by Crippen LogP contribution is 2.25. The molecule has 1 fully saturated rings. The van der Waals surface area contributed by atoms with E-state index in [-0.39, 0.29) is 12.4 Å². The number of benzene rings is 2. The van der Waals surface area contributed by atoms with Crippen LogP contribution >= 0.6 is 35.4 Å². The van der Waals surface area contributed by atoms with Gasteiger partial charge in [0.1, 0.15) is 5.82 Å². The van der Waals surface area contributed by atoms with Crippen LogP contribution in [0.25, 0.3) is 0 Å². The molecule has 5 nitrogen and oxygen atoms in total. The van der Waals surface area contributed by atoms with E-state index in [0.717, 1.165) is 54.8 Å². The third kappa shape index (κ3) is 5.66. The Morgan fingerprint density at radius 3 is 2.39 bits per heavy atom. The lowest BCUT2D eigenvalue weighted by atomic mass is 10.2. The lowest BCUT2D eigenvalue weighted by molar-refractivity contribution is 0.177. The standard InChI is InChI=1S/C24H26Cl2FN5S/c1-16-23(17(2)32(29-16)15-20-21(26)4-3-5-22(20)27)28-24(33)31-12-10-30(11-13-31)14-18-6-8-19(25)9-7-18/h3-9H,10-15H2,1-2H3,(H,28,33). The lowest BCUT2D eigenvalue weighted by Crippen LogP contribution is -2.49. The molecule has 0 atom stereocenters. The highest BCUT2D eigenvalue weighted by atomic mass is 35.5. The van der Waals surface area contributed by atoms with Gasteiger partial charge in [0.25, 0.3) is 0 Å². The average Bonchev–Trinajstić information content (AvgIpc) is 3.06. The van der Waals surface area contributed by atoms with Crippen molar-refractivity contribution in [3.63, 3.8) is 0 Å². The number of hydrogen-bond donors (Lipinski definition) is 1. The average molecular weight is 506 g/mol. The van der Waals surface area contributed by atoms with Crippen molar-refractivity contribution in [1.82, 2.24) is 19.6 Å². The van der Waals surface area contributed by atoms with Crippen LogP contribution in [0.5, 0.6) is 0 Å². The van der Waals surface area contributed by atoms with E-state index >= 15 is 0 Å². The summed E-state index contributed by atoms with van der Waals surface area (Å²) in [7, 11) is 0. The summed E-state index contributed by atoms with van der Waals surface area (Å²) in [5, 5.41) is 9.78. The molecule has 33 heavy (non-hydrogen) atoms. The number of nitrogens with zero attached hydrogens (tertiary/aromatic N) is 4. The maximum atomic E-state index is 14.2. The first-order valence-electron chi connectivity index (χ1n) is 10.8. The van der Waals surface area contributed by atoms with Crippen LogP contribution in [0.1, 0.15) is 22.5 Å². The molecular weight excluding hydrogens is 480 g/mol. The molecular formula is C24H26Cl2FN5S. The van der Waals surface area contributed by atoms with Crippen molar-refractivity contribution in [1.29, 1.82) is 0 Å². The highest BCUT2D eigenvalue weighted by molar-refractivity contribution is 7.80. The molecule has 2 heterocycles. The minimum absolute atomic E-state index is 0.260. The van der Waals surface area contributed by atoms with Crippen LogP contribution in [0.4, 0.5) is 10.1 Å². The fourth-order valence-corrected chi connectivity index (χ4v) is 4.64. The quantitative estimate of drug-likeness (QED) is 0.462. The molecule has 1 aliphatic rings. The molecule has 1 aliphatic heterocycles. The van der Waals surface area contributed by atoms with Gasteiger partial charge in [0.2, 0.25) is 0 Å². The fraction of sp³-hybridized carbons (Fsp3) is 0.333. The summed E-state index contributed by atoms with van der Waals surface area (Å²) in [4.78, 5) is 4.59. The Kier molecular flexibility index (Phi) is 7.54. The summed E-state index contributed by atoms with van der Waals surface area (Å²) >= 11 is 17.9. The Labute approximate surface area is 209 Å². The van der Waals surface area contributed by atoms with E-state index in [4.69, 9.17) is 35.4 Å². The Balaban J connectivity index is 1.36. The first kappa shape index (κ1) is 24.0. The molecule has 1 N–H and O–H groups in total. The molecule has 0 amide bonds. The number of halogens is 3. The van der Waals surface area contributed by atoms with Gasteiger partial charge in [-0.2, -0.15) is 5.10 Å². The van der Waals surface area contributed by atoms with Crippen molar-refractivity contribution in [2.24, 2.45) is 0 Å². The summed E-state index contributed by atoms with van der Waals surface area (Å²) in [6.45, 7) is 8.56. The van der Waals surface area contributed by atoms with Gasteiger partial charge in [-0.15, -0.1) is 0 Å². The van der Waals surface area contributed by atoms with Gasteiger partial charge in [-0.25, -0.2) is 4.39 Å². The fourth-order valence-electron chi connectivity index (χ4n) is 4.01. The Hall–Kier alpha value is -2.19. The second kappa shape index (κ2) is 10.4. The van der Waals surface area contributed by atoms with E-state index in [1.807, 2.05) is 26.0 Å².